The van der Waals surface area contributed by atoms with E-state index in [2.05, 4.69) is 10.6 Å². The maximum absolute atomic E-state index is 12.6. The van der Waals surface area contributed by atoms with E-state index in [0.717, 1.165) is 19.3 Å². The van der Waals surface area contributed by atoms with E-state index in [1.165, 1.54) is 19.3 Å². The molecular formula is C22H31N3O3. The van der Waals surface area contributed by atoms with Gasteiger partial charge in [0.15, 0.2) is 0 Å². The van der Waals surface area contributed by atoms with Crippen molar-refractivity contribution in [1.29, 1.82) is 0 Å². The van der Waals surface area contributed by atoms with E-state index < -0.39 is 6.04 Å². The van der Waals surface area contributed by atoms with Crippen molar-refractivity contribution < 1.29 is 14.4 Å². The van der Waals surface area contributed by atoms with Crippen molar-refractivity contribution in [2.24, 2.45) is 5.92 Å². The lowest BCUT2D eigenvalue weighted by atomic mass is 9.95. The van der Waals surface area contributed by atoms with Crippen molar-refractivity contribution in [2.45, 2.75) is 70.9 Å². The van der Waals surface area contributed by atoms with Gasteiger partial charge in [0.05, 0.1) is 0 Å². The van der Waals surface area contributed by atoms with Crippen molar-refractivity contribution in [3.63, 3.8) is 0 Å². The molecule has 1 aliphatic carbocycles. The Morgan fingerprint density at radius 1 is 0.964 bits per heavy atom. The molecule has 0 radical (unpaired) electrons. The fourth-order valence-corrected chi connectivity index (χ4v) is 4.08. The Balaban J connectivity index is 1.56. The van der Waals surface area contributed by atoms with E-state index >= 15 is 0 Å². The first-order valence-corrected chi connectivity index (χ1v) is 10.5. The number of hydrogen-bond acceptors (Lipinski definition) is 3. The van der Waals surface area contributed by atoms with Crippen LogP contribution in [0, 0.1) is 5.92 Å². The lowest BCUT2D eigenvalue weighted by Gasteiger charge is -2.25. The number of nitrogens with one attached hydrogen (secondary N) is 2. The third-order valence-corrected chi connectivity index (χ3v) is 5.69. The third kappa shape index (κ3) is 4.91. The number of hydrogen-bond donors (Lipinski definition) is 2. The standard InChI is InChI=1S/C22H31N3O3/c1-15(2)22(28)25-14-6-9-19(25)21(27)24-18-12-10-16(11-13-18)20(26)23-17-7-4-3-5-8-17/h10-13,15,17,19H,3-9,14H2,1-2H3,(H,23,26)(H,24,27). The molecule has 1 saturated heterocycles. The summed E-state index contributed by atoms with van der Waals surface area (Å²) in [5.41, 5.74) is 1.24. The van der Waals surface area contributed by atoms with E-state index in [-0.39, 0.29) is 29.7 Å². The molecule has 152 valence electrons. The topological polar surface area (TPSA) is 78.5 Å². The molecule has 0 spiro atoms. The highest BCUT2D eigenvalue weighted by molar-refractivity contribution is 5.99. The van der Waals surface area contributed by atoms with Crippen LogP contribution >= 0.6 is 0 Å². The summed E-state index contributed by atoms with van der Waals surface area (Å²) in [4.78, 5) is 39.0. The minimum Gasteiger partial charge on any atom is -0.349 e. The molecule has 28 heavy (non-hydrogen) atoms. The van der Waals surface area contributed by atoms with Gasteiger partial charge in [0, 0.05) is 29.8 Å². The second-order valence-corrected chi connectivity index (χ2v) is 8.22. The Morgan fingerprint density at radius 3 is 2.29 bits per heavy atom. The molecular weight excluding hydrogens is 354 g/mol. The number of nitrogens with zero attached hydrogens (tertiary/aromatic N) is 1. The summed E-state index contributed by atoms with van der Waals surface area (Å²) in [6, 6.07) is 6.82. The number of anilines is 1. The van der Waals surface area contributed by atoms with E-state index in [9.17, 15) is 14.4 Å². The van der Waals surface area contributed by atoms with Crippen molar-refractivity contribution in [3.8, 4) is 0 Å². The fourth-order valence-electron chi connectivity index (χ4n) is 4.08. The maximum Gasteiger partial charge on any atom is 0.251 e. The predicted octanol–water partition coefficient (Wildman–Crippen LogP) is 3.33. The number of carbonyl (C=O) groups excluding carboxylic acids is 3. The molecule has 0 bridgehead atoms. The van der Waals surface area contributed by atoms with Crippen LogP contribution in [0.2, 0.25) is 0 Å². The van der Waals surface area contributed by atoms with Crippen LogP contribution in [0.4, 0.5) is 5.69 Å². The van der Waals surface area contributed by atoms with Gasteiger partial charge in [0.2, 0.25) is 11.8 Å². The van der Waals surface area contributed by atoms with E-state index in [4.69, 9.17) is 0 Å². The first-order chi connectivity index (χ1) is 13.5. The lowest BCUT2D eigenvalue weighted by Crippen LogP contribution is -2.44. The summed E-state index contributed by atoms with van der Waals surface area (Å²) in [6.07, 6.45) is 7.23. The van der Waals surface area contributed by atoms with Crippen LogP contribution < -0.4 is 10.6 Å². The summed E-state index contributed by atoms with van der Waals surface area (Å²) >= 11 is 0. The van der Waals surface area contributed by atoms with Crippen LogP contribution in [0.1, 0.15) is 69.2 Å². The number of likely N-dealkylation sites (tertiary alicyclic amines) is 1. The van der Waals surface area contributed by atoms with Crippen LogP contribution in [0.25, 0.3) is 0 Å². The van der Waals surface area contributed by atoms with Gasteiger partial charge in [0.25, 0.3) is 5.91 Å². The van der Waals surface area contributed by atoms with Gasteiger partial charge >= 0.3 is 0 Å². The molecule has 6 heteroatoms. The first kappa shape index (κ1) is 20.4. The van der Waals surface area contributed by atoms with Crippen LogP contribution in [-0.2, 0) is 9.59 Å². The molecule has 6 nitrogen and oxygen atoms in total. The second kappa shape index (κ2) is 9.22. The van der Waals surface area contributed by atoms with Crippen molar-refractivity contribution in [3.05, 3.63) is 29.8 Å². The summed E-state index contributed by atoms with van der Waals surface area (Å²) in [7, 11) is 0. The molecule has 1 atom stereocenters. The van der Waals surface area contributed by atoms with Gasteiger partial charge < -0.3 is 15.5 Å². The van der Waals surface area contributed by atoms with Gasteiger partial charge in [-0.05, 0) is 49.9 Å². The summed E-state index contributed by atoms with van der Waals surface area (Å²) < 4.78 is 0. The monoisotopic (exact) mass is 385 g/mol. The first-order valence-electron chi connectivity index (χ1n) is 10.5. The highest BCUT2D eigenvalue weighted by atomic mass is 16.2. The number of benzene rings is 1. The van der Waals surface area contributed by atoms with Crippen LogP contribution in [0.3, 0.4) is 0 Å². The zero-order valence-electron chi connectivity index (χ0n) is 16.9. The largest absolute Gasteiger partial charge is 0.349 e. The van der Waals surface area contributed by atoms with E-state index in [0.29, 0.717) is 24.2 Å². The van der Waals surface area contributed by atoms with Crippen molar-refractivity contribution in [1.82, 2.24) is 10.2 Å². The molecule has 1 aromatic carbocycles. The Labute approximate surface area is 167 Å². The molecule has 1 heterocycles. The quantitative estimate of drug-likeness (QED) is 0.816. The average Bonchev–Trinajstić information content (AvgIpc) is 3.18. The highest BCUT2D eigenvalue weighted by Gasteiger charge is 2.34. The zero-order valence-corrected chi connectivity index (χ0v) is 16.9. The molecule has 1 aliphatic heterocycles. The molecule has 1 aromatic rings. The lowest BCUT2D eigenvalue weighted by molar-refractivity contribution is -0.139. The van der Waals surface area contributed by atoms with Gasteiger partial charge in [-0.1, -0.05) is 33.1 Å². The summed E-state index contributed by atoms with van der Waals surface area (Å²) in [6.45, 7) is 4.34. The second-order valence-electron chi connectivity index (χ2n) is 8.22. The Kier molecular flexibility index (Phi) is 6.70. The van der Waals surface area contributed by atoms with Crippen LogP contribution in [0.15, 0.2) is 24.3 Å². The molecule has 3 rings (SSSR count). The van der Waals surface area contributed by atoms with Gasteiger partial charge in [0.1, 0.15) is 6.04 Å². The predicted molar refractivity (Wildman–Crippen MR) is 109 cm³/mol. The summed E-state index contributed by atoms with van der Waals surface area (Å²) in [5, 5.41) is 5.99. The Hall–Kier alpha value is -2.37. The highest BCUT2D eigenvalue weighted by Crippen LogP contribution is 2.22. The van der Waals surface area contributed by atoms with Crippen LogP contribution in [-0.4, -0.2) is 41.2 Å². The minimum absolute atomic E-state index is 0.0207. The minimum atomic E-state index is -0.413. The Morgan fingerprint density at radius 2 is 1.64 bits per heavy atom. The van der Waals surface area contributed by atoms with E-state index in [1.54, 1.807) is 29.2 Å². The average molecular weight is 386 g/mol. The Bertz CT molecular complexity index is 708. The van der Waals surface area contributed by atoms with E-state index in [1.807, 2.05) is 13.8 Å². The molecule has 2 fully saturated rings. The van der Waals surface area contributed by atoms with Gasteiger partial charge in [-0.2, -0.15) is 0 Å². The molecule has 0 aromatic heterocycles. The van der Waals surface area contributed by atoms with Crippen LogP contribution in [0.5, 0.6) is 0 Å². The molecule has 1 saturated carbocycles. The maximum atomic E-state index is 12.6. The zero-order chi connectivity index (χ0) is 20.1. The van der Waals surface area contributed by atoms with Gasteiger partial charge in [-0.15, -0.1) is 0 Å². The molecule has 1 unspecified atom stereocenters. The number of rotatable bonds is 5. The van der Waals surface area contributed by atoms with Gasteiger partial charge in [-0.25, -0.2) is 0 Å². The normalized spacial score (nSPS) is 20.2. The molecule has 2 aliphatic rings. The van der Waals surface area contributed by atoms with Crippen molar-refractivity contribution in [2.75, 3.05) is 11.9 Å². The number of carbonyl (C=O) groups is 3. The summed E-state index contributed by atoms with van der Waals surface area (Å²) in [5.74, 6) is -0.317. The molecule has 2 N–H and O–H groups in total. The van der Waals surface area contributed by atoms with Gasteiger partial charge in [-0.3, -0.25) is 14.4 Å². The fraction of sp³-hybridized carbons (Fsp3) is 0.591. The molecule has 3 amide bonds. The smallest absolute Gasteiger partial charge is 0.251 e. The number of amides is 3. The SMILES string of the molecule is CC(C)C(=O)N1CCCC1C(=O)Nc1ccc(C(=O)NC2CCCCC2)cc1. The third-order valence-electron chi connectivity index (χ3n) is 5.69. The van der Waals surface area contributed by atoms with Crippen molar-refractivity contribution >= 4 is 23.4 Å².